The molecule has 0 aliphatic rings. The van der Waals surface area contributed by atoms with Crippen molar-refractivity contribution >= 4 is 17.3 Å². The van der Waals surface area contributed by atoms with E-state index in [1.165, 1.54) is 0 Å². The van der Waals surface area contributed by atoms with Crippen molar-refractivity contribution < 1.29 is 9.90 Å². The van der Waals surface area contributed by atoms with Gasteiger partial charge in [-0.1, -0.05) is 30.3 Å². The monoisotopic (exact) mass is 284 g/mol. The van der Waals surface area contributed by atoms with Crippen molar-refractivity contribution in [1.29, 1.82) is 0 Å². The van der Waals surface area contributed by atoms with Crippen molar-refractivity contribution in [3.63, 3.8) is 0 Å². The van der Waals surface area contributed by atoms with Crippen LogP contribution >= 0.6 is 11.3 Å². The molecule has 1 N–H and O–H groups in total. The lowest BCUT2D eigenvalue weighted by molar-refractivity contribution is 0.0686. The highest BCUT2D eigenvalue weighted by Gasteiger charge is 2.13. The Balaban J connectivity index is 1.98. The highest BCUT2D eigenvalue weighted by molar-refractivity contribution is 7.13. The van der Waals surface area contributed by atoms with Crippen LogP contribution in [0.4, 0.5) is 0 Å². The molecule has 0 aliphatic carbocycles. The van der Waals surface area contributed by atoms with E-state index in [9.17, 15) is 4.79 Å². The molecule has 3 rings (SSSR count). The van der Waals surface area contributed by atoms with Crippen molar-refractivity contribution in [2.45, 2.75) is 0 Å². The summed E-state index contributed by atoms with van der Waals surface area (Å²) >= 11 is 1.55. The first kappa shape index (κ1) is 12.6. The van der Waals surface area contributed by atoms with Gasteiger partial charge in [-0.3, -0.25) is 0 Å². The number of hydrogen-bond donors (Lipinski definition) is 1. The molecule has 100 valence electrons. The Morgan fingerprint density at radius 2 is 2.00 bits per heavy atom. The van der Waals surface area contributed by atoms with Crippen LogP contribution in [0.5, 0.6) is 0 Å². The Morgan fingerprint density at radius 3 is 2.65 bits per heavy atom. The van der Waals surface area contributed by atoms with Gasteiger partial charge in [0.25, 0.3) is 0 Å². The van der Waals surface area contributed by atoms with E-state index in [0.29, 0.717) is 0 Å². The minimum atomic E-state index is -0.933. The van der Waals surface area contributed by atoms with Gasteiger partial charge in [-0.2, -0.15) is 0 Å². The number of carboxylic acid groups (broad SMARTS) is 1. The number of thiazole rings is 1. The smallest absolute Gasteiger partial charge is 0.352 e. The first-order chi connectivity index (χ1) is 9.65. The van der Waals surface area contributed by atoms with Crippen LogP contribution in [-0.4, -0.2) is 20.6 Å². The van der Waals surface area contributed by atoms with Crippen LogP contribution in [-0.2, 0) is 7.05 Å². The highest BCUT2D eigenvalue weighted by atomic mass is 32.1. The molecule has 2 aromatic heterocycles. The van der Waals surface area contributed by atoms with Crippen molar-refractivity contribution in [1.82, 2.24) is 9.55 Å². The molecule has 3 aromatic rings. The zero-order valence-corrected chi connectivity index (χ0v) is 11.6. The van der Waals surface area contributed by atoms with Crippen molar-refractivity contribution in [3.8, 4) is 21.8 Å². The third kappa shape index (κ3) is 2.23. The van der Waals surface area contributed by atoms with Gasteiger partial charge in [-0.15, -0.1) is 11.3 Å². The molecular formula is C15H12N2O2S. The van der Waals surface area contributed by atoms with Crippen molar-refractivity contribution in [2.75, 3.05) is 0 Å². The van der Waals surface area contributed by atoms with Gasteiger partial charge in [-0.25, -0.2) is 9.78 Å². The molecule has 0 radical (unpaired) electrons. The lowest BCUT2D eigenvalue weighted by Crippen LogP contribution is -2.02. The lowest BCUT2D eigenvalue weighted by atomic mass is 10.2. The van der Waals surface area contributed by atoms with Gasteiger partial charge < -0.3 is 9.67 Å². The molecule has 1 aromatic carbocycles. The molecule has 0 bridgehead atoms. The third-order valence-electron chi connectivity index (χ3n) is 3.04. The number of aromatic carboxylic acids is 1. The van der Waals surface area contributed by atoms with E-state index >= 15 is 0 Å². The number of benzene rings is 1. The molecule has 2 heterocycles. The quantitative estimate of drug-likeness (QED) is 0.800. The minimum absolute atomic E-state index is 0.259. The Morgan fingerprint density at radius 1 is 1.25 bits per heavy atom. The minimum Gasteiger partial charge on any atom is -0.477 e. The van der Waals surface area contributed by atoms with Gasteiger partial charge in [0, 0.05) is 29.8 Å². The molecule has 0 amide bonds. The number of nitrogens with zero attached hydrogens (tertiary/aromatic N) is 2. The lowest BCUT2D eigenvalue weighted by Gasteiger charge is -1.94. The predicted molar refractivity (Wildman–Crippen MR) is 78.9 cm³/mol. The fraction of sp³-hybridized carbons (Fsp3) is 0.0667. The second kappa shape index (κ2) is 4.94. The summed E-state index contributed by atoms with van der Waals surface area (Å²) in [6.45, 7) is 0. The van der Waals surface area contributed by atoms with Crippen LogP contribution in [0, 0.1) is 0 Å². The first-order valence-corrected chi connectivity index (χ1v) is 6.94. The molecule has 4 nitrogen and oxygen atoms in total. The second-order valence-electron chi connectivity index (χ2n) is 4.43. The summed E-state index contributed by atoms with van der Waals surface area (Å²) in [6.07, 6.45) is 1.78. The fourth-order valence-electron chi connectivity index (χ4n) is 2.04. The van der Waals surface area contributed by atoms with E-state index in [2.05, 4.69) is 4.98 Å². The number of rotatable bonds is 3. The average molecular weight is 284 g/mol. The maximum Gasteiger partial charge on any atom is 0.352 e. The summed E-state index contributed by atoms with van der Waals surface area (Å²) in [5.74, 6) is -0.933. The van der Waals surface area contributed by atoms with E-state index in [1.54, 1.807) is 35.2 Å². The van der Waals surface area contributed by atoms with Gasteiger partial charge in [0.05, 0.1) is 5.69 Å². The molecule has 0 saturated carbocycles. The maximum atomic E-state index is 11.1. The Hall–Kier alpha value is -2.40. The molecular weight excluding hydrogens is 272 g/mol. The summed E-state index contributed by atoms with van der Waals surface area (Å²) in [6, 6.07) is 11.6. The zero-order chi connectivity index (χ0) is 14.1. The van der Waals surface area contributed by atoms with Crippen LogP contribution in [0.25, 0.3) is 21.8 Å². The van der Waals surface area contributed by atoms with E-state index in [4.69, 9.17) is 5.11 Å². The first-order valence-electron chi connectivity index (χ1n) is 6.06. The standard InChI is InChI=1S/C15H12N2O2S/c1-17-8-11(7-13(17)15(18)19)12-9-20-14(16-12)10-5-3-2-4-6-10/h2-9H,1H3,(H,18,19). The van der Waals surface area contributed by atoms with Gasteiger partial charge in [0.1, 0.15) is 10.7 Å². The number of carboxylic acids is 1. The van der Waals surface area contributed by atoms with Gasteiger partial charge in [0.2, 0.25) is 0 Å². The summed E-state index contributed by atoms with van der Waals surface area (Å²) in [5, 5.41) is 11.9. The molecule has 0 fully saturated rings. The molecule has 0 atom stereocenters. The fourth-order valence-corrected chi connectivity index (χ4v) is 2.87. The number of aryl methyl sites for hydroxylation is 1. The third-order valence-corrected chi connectivity index (χ3v) is 3.94. The summed E-state index contributed by atoms with van der Waals surface area (Å²) in [7, 11) is 1.72. The van der Waals surface area contributed by atoms with E-state index in [0.717, 1.165) is 21.8 Å². The topological polar surface area (TPSA) is 55.1 Å². The molecule has 0 unspecified atom stereocenters. The van der Waals surface area contributed by atoms with E-state index in [-0.39, 0.29) is 5.69 Å². The van der Waals surface area contributed by atoms with Crippen LogP contribution in [0.3, 0.4) is 0 Å². The summed E-state index contributed by atoms with van der Waals surface area (Å²) in [4.78, 5) is 15.6. The summed E-state index contributed by atoms with van der Waals surface area (Å²) in [5.41, 5.74) is 2.95. The summed E-state index contributed by atoms with van der Waals surface area (Å²) < 4.78 is 1.60. The predicted octanol–water partition coefficient (Wildman–Crippen LogP) is 3.51. The van der Waals surface area contributed by atoms with E-state index in [1.807, 2.05) is 35.7 Å². The zero-order valence-electron chi connectivity index (χ0n) is 10.8. The maximum absolute atomic E-state index is 11.1. The van der Waals surface area contributed by atoms with Crippen LogP contribution < -0.4 is 0 Å². The normalized spacial score (nSPS) is 10.7. The number of carbonyl (C=O) groups is 1. The van der Waals surface area contributed by atoms with Crippen molar-refractivity contribution in [2.24, 2.45) is 7.05 Å². The molecule has 0 spiro atoms. The Bertz CT molecular complexity index is 759. The average Bonchev–Trinajstić information content (AvgIpc) is 3.06. The highest BCUT2D eigenvalue weighted by Crippen LogP contribution is 2.29. The van der Waals surface area contributed by atoms with Crippen LogP contribution in [0.1, 0.15) is 10.5 Å². The number of aromatic nitrogens is 2. The SMILES string of the molecule is Cn1cc(-c2csc(-c3ccccc3)n2)cc1C(=O)O. The molecule has 0 saturated heterocycles. The van der Waals surface area contributed by atoms with Gasteiger partial charge >= 0.3 is 5.97 Å². The Kier molecular flexibility index (Phi) is 3.12. The van der Waals surface area contributed by atoms with Gasteiger partial charge in [0.15, 0.2) is 0 Å². The van der Waals surface area contributed by atoms with Gasteiger partial charge in [-0.05, 0) is 6.07 Å². The molecule has 5 heteroatoms. The van der Waals surface area contributed by atoms with Crippen molar-refractivity contribution in [3.05, 3.63) is 53.7 Å². The Labute approximate surface area is 120 Å². The van der Waals surface area contributed by atoms with Crippen LogP contribution in [0.15, 0.2) is 48.0 Å². The molecule has 0 aliphatic heterocycles. The number of hydrogen-bond acceptors (Lipinski definition) is 3. The molecule has 20 heavy (non-hydrogen) atoms. The van der Waals surface area contributed by atoms with E-state index < -0.39 is 5.97 Å². The largest absolute Gasteiger partial charge is 0.477 e. The van der Waals surface area contributed by atoms with Crippen LogP contribution in [0.2, 0.25) is 0 Å². The second-order valence-corrected chi connectivity index (χ2v) is 5.29.